The smallest absolute Gasteiger partial charge is 0.262 e. The predicted molar refractivity (Wildman–Crippen MR) is 101 cm³/mol. The number of carbonyl (C=O) groups excluding carboxylic acids is 1. The fraction of sp³-hybridized carbons (Fsp3) is 0.450. The van der Waals surface area contributed by atoms with Crippen molar-refractivity contribution in [1.82, 2.24) is 14.9 Å². The van der Waals surface area contributed by atoms with Gasteiger partial charge in [0.15, 0.2) is 0 Å². The molecule has 1 amide bonds. The van der Waals surface area contributed by atoms with Crippen molar-refractivity contribution in [1.29, 1.82) is 0 Å². The van der Waals surface area contributed by atoms with E-state index >= 15 is 0 Å². The molecule has 0 N–H and O–H groups in total. The Bertz CT molecular complexity index is 771. The summed E-state index contributed by atoms with van der Waals surface area (Å²) in [6.07, 6.45) is 6.58. The molecule has 3 rings (SSSR count). The maximum absolute atomic E-state index is 13.2. The van der Waals surface area contributed by atoms with E-state index in [0.29, 0.717) is 25.9 Å². The number of nitrogens with zero attached hydrogens (tertiary/aromatic N) is 4. The van der Waals surface area contributed by atoms with Crippen molar-refractivity contribution in [3.63, 3.8) is 0 Å². The topological polar surface area (TPSA) is 49.3 Å². The number of carbonyl (C=O) groups is 1. The maximum Gasteiger partial charge on any atom is 0.262 e. The lowest BCUT2D eigenvalue weighted by Gasteiger charge is -2.35. The van der Waals surface area contributed by atoms with E-state index < -0.39 is 12.5 Å². The molecule has 144 valence electrons. The van der Waals surface area contributed by atoms with Crippen LogP contribution in [0.2, 0.25) is 0 Å². The molecule has 2 aromatic heterocycles. The van der Waals surface area contributed by atoms with Gasteiger partial charge in [0.25, 0.3) is 5.92 Å². The second kappa shape index (κ2) is 7.98. The van der Waals surface area contributed by atoms with E-state index in [1.165, 1.54) is 7.05 Å². The zero-order valence-corrected chi connectivity index (χ0v) is 15.6. The van der Waals surface area contributed by atoms with E-state index in [1.807, 2.05) is 30.5 Å². The third-order valence-electron chi connectivity index (χ3n) is 4.82. The van der Waals surface area contributed by atoms with Crippen LogP contribution in [0.1, 0.15) is 19.8 Å². The number of pyridine rings is 2. The second-order valence-corrected chi connectivity index (χ2v) is 7.13. The average molecular weight is 374 g/mol. The predicted octanol–water partition coefficient (Wildman–Crippen LogP) is 3.47. The van der Waals surface area contributed by atoms with E-state index in [-0.39, 0.29) is 11.8 Å². The summed E-state index contributed by atoms with van der Waals surface area (Å²) in [5, 5.41) is 0. The normalized spacial score (nSPS) is 15.6. The molecule has 1 fully saturated rings. The minimum atomic E-state index is -2.88. The Balaban J connectivity index is 1.68. The van der Waals surface area contributed by atoms with E-state index in [1.54, 1.807) is 12.4 Å². The van der Waals surface area contributed by atoms with Gasteiger partial charge in [0.05, 0.1) is 24.1 Å². The zero-order valence-electron chi connectivity index (χ0n) is 15.6. The van der Waals surface area contributed by atoms with Gasteiger partial charge in [-0.25, -0.2) is 8.78 Å². The molecule has 1 aliphatic heterocycles. The summed E-state index contributed by atoms with van der Waals surface area (Å²) in [5.74, 6) is -3.30. The highest BCUT2D eigenvalue weighted by molar-refractivity contribution is 5.80. The van der Waals surface area contributed by atoms with Crippen molar-refractivity contribution in [2.75, 3.05) is 31.6 Å². The first-order valence-electron chi connectivity index (χ1n) is 9.08. The number of hydrogen-bond acceptors (Lipinski definition) is 4. The lowest BCUT2D eigenvalue weighted by molar-refractivity contribution is -0.139. The Morgan fingerprint density at radius 3 is 2.63 bits per heavy atom. The van der Waals surface area contributed by atoms with Crippen LogP contribution in [0.3, 0.4) is 0 Å². The summed E-state index contributed by atoms with van der Waals surface area (Å²) in [7, 11) is 1.45. The third kappa shape index (κ3) is 4.78. The number of aromatic nitrogens is 2. The van der Waals surface area contributed by atoms with Crippen molar-refractivity contribution in [2.45, 2.75) is 25.7 Å². The molecule has 27 heavy (non-hydrogen) atoms. The van der Waals surface area contributed by atoms with Gasteiger partial charge in [0.2, 0.25) is 5.91 Å². The highest BCUT2D eigenvalue weighted by Gasteiger charge is 2.32. The summed E-state index contributed by atoms with van der Waals surface area (Å²) >= 11 is 0. The second-order valence-electron chi connectivity index (χ2n) is 7.13. The average Bonchev–Trinajstić information content (AvgIpc) is 2.67. The molecule has 1 aliphatic rings. The highest BCUT2D eigenvalue weighted by Crippen LogP contribution is 2.32. The summed E-state index contributed by atoms with van der Waals surface area (Å²) in [4.78, 5) is 24.5. The molecular weight excluding hydrogens is 350 g/mol. The molecule has 0 radical (unpaired) electrons. The highest BCUT2D eigenvalue weighted by atomic mass is 19.3. The van der Waals surface area contributed by atoms with Crippen LogP contribution in [0.25, 0.3) is 11.3 Å². The molecule has 0 aliphatic carbocycles. The van der Waals surface area contributed by atoms with Gasteiger partial charge in [-0.2, -0.15) is 0 Å². The Labute approximate surface area is 158 Å². The molecule has 0 unspecified atom stereocenters. The molecule has 3 heterocycles. The first-order valence-corrected chi connectivity index (χ1v) is 9.08. The van der Waals surface area contributed by atoms with Crippen LogP contribution >= 0.6 is 0 Å². The van der Waals surface area contributed by atoms with Crippen LogP contribution < -0.4 is 4.90 Å². The molecule has 1 saturated heterocycles. The quantitative estimate of drug-likeness (QED) is 0.804. The third-order valence-corrected chi connectivity index (χ3v) is 4.82. The number of anilines is 1. The van der Waals surface area contributed by atoms with E-state index in [2.05, 4.69) is 14.9 Å². The largest absolute Gasteiger partial charge is 0.370 e. The van der Waals surface area contributed by atoms with Crippen LogP contribution in [0.4, 0.5) is 14.5 Å². The number of alkyl halides is 2. The fourth-order valence-corrected chi connectivity index (χ4v) is 3.55. The van der Waals surface area contributed by atoms with Crippen LogP contribution in [-0.2, 0) is 4.79 Å². The van der Waals surface area contributed by atoms with Gasteiger partial charge < -0.3 is 9.80 Å². The van der Waals surface area contributed by atoms with Crippen molar-refractivity contribution in [2.24, 2.45) is 5.92 Å². The number of halogens is 2. The summed E-state index contributed by atoms with van der Waals surface area (Å²) in [6, 6.07) is 7.70. The minimum absolute atomic E-state index is 0.202. The summed E-state index contributed by atoms with van der Waals surface area (Å²) in [5.41, 5.74) is 2.85. The standard InChI is InChI=1S/C20H24F2N4O/c1-20(21,22)14-25(2)19(27)15-7-11-26(12-8-15)18-13-23-10-6-16(18)17-5-3-4-9-24-17/h3-6,9-10,13,15H,7-8,11-12,14H2,1-2H3. The maximum atomic E-state index is 13.2. The van der Waals surface area contributed by atoms with Gasteiger partial charge in [0, 0.05) is 50.9 Å². The van der Waals surface area contributed by atoms with Crippen LogP contribution in [0, 0.1) is 5.92 Å². The van der Waals surface area contributed by atoms with Crippen molar-refractivity contribution in [3.05, 3.63) is 42.9 Å². The molecule has 2 aromatic rings. The van der Waals surface area contributed by atoms with Gasteiger partial charge >= 0.3 is 0 Å². The molecule has 0 saturated carbocycles. The number of rotatable bonds is 5. The lowest BCUT2D eigenvalue weighted by atomic mass is 9.94. The van der Waals surface area contributed by atoms with Crippen LogP contribution in [-0.4, -0.2) is 53.4 Å². The SMILES string of the molecule is CN(CC(C)(F)F)C(=O)C1CCN(c2cnccc2-c2ccccn2)CC1. The molecular formula is C20H24F2N4O. The van der Waals surface area contributed by atoms with Crippen molar-refractivity contribution < 1.29 is 13.6 Å². The first kappa shape index (κ1) is 19.2. The molecule has 5 nitrogen and oxygen atoms in total. The van der Waals surface area contributed by atoms with Crippen molar-refractivity contribution >= 4 is 11.6 Å². The summed E-state index contributed by atoms with van der Waals surface area (Å²) in [6.45, 7) is 1.65. The Kier molecular flexibility index (Phi) is 5.68. The molecule has 0 aromatic carbocycles. The Morgan fingerprint density at radius 1 is 1.26 bits per heavy atom. The van der Waals surface area contributed by atoms with Crippen molar-refractivity contribution in [3.8, 4) is 11.3 Å². The summed E-state index contributed by atoms with van der Waals surface area (Å²) < 4.78 is 26.3. The van der Waals surface area contributed by atoms with E-state index in [9.17, 15) is 13.6 Å². The van der Waals surface area contributed by atoms with Crippen LogP contribution in [0.5, 0.6) is 0 Å². The van der Waals surface area contributed by atoms with Gasteiger partial charge in [-0.1, -0.05) is 6.07 Å². The first-order chi connectivity index (χ1) is 12.8. The van der Waals surface area contributed by atoms with E-state index in [0.717, 1.165) is 28.8 Å². The lowest BCUT2D eigenvalue weighted by Crippen LogP contribution is -2.44. The van der Waals surface area contributed by atoms with Gasteiger partial charge in [-0.15, -0.1) is 0 Å². The Morgan fingerprint density at radius 2 is 2.00 bits per heavy atom. The van der Waals surface area contributed by atoms with Gasteiger partial charge in [-0.3, -0.25) is 14.8 Å². The molecule has 7 heteroatoms. The fourth-order valence-electron chi connectivity index (χ4n) is 3.55. The van der Waals surface area contributed by atoms with E-state index in [4.69, 9.17) is 0 Å². The molecule has 0 bridgehead atoms. The zero-order chi connectivity index (χ0) is 19.4. The molecule has 0 atom stereocenters. The van der Waals surface area contributed by atoms with Gasteiger partial charge in [0.1, 0.15) is 0 Å². The Hall–Kier alpha value is -2.57. The number of piperidine rings is 1. The minimum Gasteiger partial charge on any atom is -0.370 e. The van der Waals surface area contributed by atoms with Crippen LogP contribution in [0.15, 0.2) is 42.9 Å². The number of amides is 1. The molecule has 0 spiro atoms. The van der Waals surface area contributed by atoms with Gasteiger partial charge in [-0.05, 0) is 31.0 Å². The number of hydrogen-bond donors (Lipinski definition) is 0. The monoisotopic (exact) mass is 374 g/mol.